The summed E-state index contributed by atoms with van der Waals surface area (Å²) in [4.78, 5) is 23.9. The van der Waals surface area contributed by atoms with E-state index in [4.69, 9.17) is 4.74 Å². The van der Waals surface area contributed by atoms with E-state index in [0.717, 1.165) is 23.0 Å². The summed E-state index contributed by atoms with van der Waals surface area (Å²) in [6, 6.07) is 7.08. The third-order valence-electron chi connectivity index (χ3n) is 5.42. The molecule has 0 bridgehead atoms. The smallest absolute Gasteiger partial charge is 0.241 e. The molecule has 0 saturated carbocycles. The third-order valence-corrected chi connectivity index (χ3v) is 7.12. The van der Waals surface area contributed by atoms with Crippen LogP contribution in [0.1, 0.15) is 16.7 Å². The number of nitrogens with zero attached hydrogens (tertiary/aromatic N) is 3. The third kappa shape index (κ3) is 2.87. The van der Waals surface area contributed by atoms with E-state index in [-0.39, 0.29) is 12.6 Å². The Balaban J connectivity index is 1.59. The van der Waals surface area contributed by atoms with Crippen LogP contribution in [0.5, 0.6) is 0 Å². The summed E-state index contributed by atoms with van der Waals surface area (Å²) in [5.74, 6) is 0.863. The van der Waals surface area contributed by atoms with Gasteiger partial charge in [0.25, 0.3) is 0 Å². The van der Waals surface area contributed by atoms with Gasteiger partial charge in [0.2, 0.25) is 5.91 Å². The number of hydrogen-bond donors (Lipinski definition) is 0. The summed E-state index contributed by atoms with van der Waals surface area (Å²) in [5.41, 5.74) is 2.86. The van der Waals surface area contributed by atoms with Gasteiger partial charge in [-0.1, -0.05) is 25.7 Å². The Morgan fingerprint density at radius 2 is 2.00 bits per heavy atom. The van der Waals surface area contributed by atoms with Gasteiger partial charge >= 0.3 is 0 Å². The average molecular weight is 368 g/mol. The highest BCUT2D eigenvalue weighted by molar-refractivity contribution is 6.76. The molecular weight excluding hydrogens is 342 g/mol. The van der Waals surface area contributed by atoms with Gasteiger partial charge in [-0.3, -0.25) is 14.7 Å². The van der Waals surface area contributed by atoms with Crippen molar-refractivity contribution in [3.63, 3.8) is 0 Å². The molecule has 2 aliphatic rings. The number of pyridine rings is 2. The van der Waals surface area contributed by atoms with Gasteiger partial charge in [-0.2, -0.15) is 0 Å². The predicted octanol–water partition coefficient (Wildman–Crippen LogP) is 3.17. The Kier molecular flexibility index (Phi) is 4.20. The molecule has 1 aliphatic carbocycles. The minimum absolute atomic E-state index is 0.107. The molecule has 1 spiro atoms. The van der Waals surface area contributed by atoms with Crippen LogP contribution in [-0.2, 0) is 27.8 Å². The van der Waals surface area contributed by atoms with E-state index >= 15 is 0 Å². The second-order valence-electron chi connectivity index (χ2n) is 8.54. The maximum atomic E-state index is 13.4. The zero-order chi connectivity index (χ0) is 18.4. The van der Waals surface area contributed by atoms with Gasteiger partial charge in [0.05, 0.1) is 5.41 Å². The first-order valence-corrected chi connectivity index (χ1v) is 12.9. The first-order valence-electron chi connectivity index (χ1n) is 9.18. The van der Waals surface area contributed by atoms with Gasteiger partial charge in [0.1, 0.15) is 12.5 Å². The van der Waals surface area contributed by atoms with Crippen molar-refractivity contribution in [2.75, 3.05) is 18.2 Å². The van der Waals surface area contributed by atoms with E-state index < -0.39 is 13.5 Å². The van der Waals surface area contributed by atoms with Crippen LogP contribution in [0.25, 0.3) is 0 Å². The molecule has 0 aromatic carbocycles. The summed E-state index contributed by atoms with van der Waals surface area (Å²) < 4.78 is 5.89. The van der Waals surface area contributed by atoms with E-state index in [1.54, 1.807) is 17.3 Å². The van der Waals surface area contributed by atoms with E-state index in [0.29, 0.717) is 19.4 Å². The maximum absolute atomic E-state index is 13.4. The average Bonchev–Trinajstić information content (AvgIpc) is 3.10. The number of carbonyl (C=O) groups is 1. The lowest BCUT2D eigenvalue weighted by atomic mass is 9.79. The van der Waals surface area contributed by atoms with Crippen molar-refractivity contribution in [3.05, 3.63) is 53.5 Å². The monoisotopic (exact) mass is 367 g/mol. The molecule has 1 amide bonds. The van der Waals surface area contributed by atoms with Gasteiger partial charge in [-0.05, 0) is 42.1 Å². The van der Waals surface area contributed by atoms with Gasteiger partial charge < -0.3 is 4.74 Å². The highest BCUT2D eigenvalue weighted by atomic mass is 28.3. The molecule has 136 valence electrons. The number of rotatable bonds is 5. The number of amides is 1. The molecule has 4 rings (SSSR count). The number of fused-ring (bicyclic) bond motifs is 3. The minimum atomic E-state index is -1.15. The van der Waals surface area contributed by atoms with E-state index in [1.165, 1.54) is 5.56 Å². The number of carbonyl (C=O) groups excluding carboxylic acids is 1. The second-order valence-corrected chi connectivity index (χ2v) is 14.2. The first-order chi connectivity index (χ1) is 12.4. The van der Waals surface area contributed by atoms with Crippen LogP contribution in [0.2, 0.25) is 25.7 Å². The van der Waals surface area contributed by atoms with Gasteiger partial charge in [-0.15, -0.1) is 0 Å². The normalized spacial score (nSPS) is 21.3. The largest absolute Gasteiger partial charge is 0.361 e. The van der Waals surface area contributed by atoms with Gasteiger partial charge in [0.15, 0.2) is 0 Å². The minimum Gasteiger partial charge on any atom is -0.361 e. The zero-order valence-corrected chi connectivity index (χ0v) is 16.7. The standard InChI is InChI=1S/C20H25N3O2Si/c1-26(2,3)10-9-25-14-23-18-17(5-4-7-22-18)20(19(23)24)11-15-6-8-21-13-16(15)12-20/h4-8,13H,9-12,14H2,1-3H3. The molecule has 1 unspecified atom stereocenters. The van der Waals surface area contributed by atoms with Crippen LogP contribution < -0.4 is 4.90 Å². The SMILES string of the molecule is C[Si](C)(C)CCOCN1C(=O)C2(Cc3ccncc3C2)c2cccnc21. The van der Waals surface area contributed by atoms with Crippen LogP contribution in [0, 0.1) is 0 Å². The molecule has 0 fully saturated rings. The molecule has 2 aromatic rings. The fraction of sp³-hybridized carbons (Fsp3) is 0.450. The molecule has 1 aliphatic heterocycles. The molecule has 2 aromatic heterocycles. The lowest BCUT2D eigenvalue weighted by Crippen LogP contribution is -2.42. The Bertz CT molecular complexity index is 822. The Hall–Kier alpha value is -2.05. The van der Waals surface area contributed by atoms with Crippen molar-refractivity contribution in [2.45, 2.75) is 43.9 Å². The molecule has 6 heteroatoms. The number of hydrogen-bond acceptors (Lipinski definition) is 4. The summed E-state index contributed by atoms with van der Waals surface area (Å²) in [6.07, 6.45) is 6.86. The maximum Gasteiger partial charge on any atom is 0.241 e. The molecule has 5 nitrogen and oxygen atoms in total. The Morgan fingerprint density at radius 1 is 1.19 bits per heavy atom. The van der Waals surface area contributed by atoms with Crippen LogP contribution in [0.3, 0.4) is 0 Å². The lowest BCUT2D eigenvalue weighted by molar-refractivity contribution is -0.124. The zero-order valence-electron chi connectivity index (χ0n) is 15.7. The molecule has 3 heterocycles. The van der Waals surface area contributed by atoms with Crippen LogP contribution >= 0.6 is 0 Å². The fourth-order valence-electron chi connectivity index (χ4n) is 3.95. The molecule has 0 N–H and O–H groups in total. The number of aromatic nitrogens is 2. The molecule has 26 heavy (non-hydrogen) atoms. The van der Waals surface area contributed by atoms with Crippen LogP contribution in [0.4, 0.5) is 5.82 Å². The van der Waals surface area contributed by atoms with Crippen molar-refractivity contribution in [1.29, 1.82) is 0 Å². The lowest BCUT2D eigenvalue weighted by Gasteiger charge is -2.23. The van der Waals surface area contributed by atoms with Crippen LogP contribution in [0.15, 0.2) is 36.8 Å². The summed E-state index contributed by atoms with van der Waals surface area (Å²) in [6.45, 7) is 7.95. The van der Waals surface area contributed by atoms with Crippen LogP contribution in [-0.4, -0.2) is 37.3 Å². The van der Waals surface area contributed by atoms with Crippen molar-refractivity contribution in [3.8, 4) is 0 Å². The van der Waals surface area contributed by atoms with Gasteiger partial charge in [-0.25, -0.2) is 4.98 Å². The van der Waals surface area contributed by atoms with Gasteiger partial charge in [0, 0.05) is 38.8 Å². The highest BCUT2D eigenvalue weighted by Gasteiger charge is 2.54. The summed E-state index contributed by atoms with van der Waals surface area (Å²) in [5, 5.41) is 0. The Labute approximate surface area is 155 Å². The van der Waals surface area contributed by atoms with Crippen molar-refractivity contribution in [1.82, 2.24) is 9.97 Å². The van der Waals surface area contributed by atoms with E-state index in [2.05, 4.69) is 29.6 Å². The second kappa shape index (κ2) is 6.28. The first kappa shape index (κ1) is 17.4. The van der Waals surface area contributed by atoms with Crippen molar-refractivity contribution >= 4 is 19.8 Å². The van der Waals surface area contributed by atoms with E-state index in [1.807, 2.05) is 24.4 Å². The van der Waals surface area contributed by atoms with Crippen molar-refractivity contribution in [2.24, 2.45) is 0 Å². The van der Waals surface area contributed by atoms with Crippen molar-refractivity contribution < 1.29 is 9.53 Å². The Morgan fingerprint density at radius 3 is 2.77 bits per heavy atom. The summed E-state index contributed by atoms with van der Waals surface area (Å²) >= 11 is 0. The fourth-order valence-corrected chi connectivity index (χ4v) is 4.71. The number of anilines is 1. The summed E-state index contributed by atoms with van der Waals surface area (Å²) in [7, 11) is -1.15. The molecule has 0 radical (unpaired) electrons. The molecule has 0 saturated heterocycles. The topological polar surface area (TPSA) is 55.3 Å². The molecular formula is C20H25N3O2Si. The molecule has 1 atom stereocenters. The highest BCUT2D eigenvalue weighted by Crippen LogP contribution is 2.48. The predicted molar refractivity (Wildman–Crippen MR) is 104 cm³/mol. The number of ether oxygens (including phenoxy) is 1. The van der Waals surface area contributed by atoms with E-state index in [9.17, 15) is 4.79 Å². The quantitative estimate of drug-likeness (QED) is 0.602.